The molecule has 0 aliphatic carbocycles. The van der Waals surface area contributed by atoms with Gasteiger partial charge >= 0.3 is 8.80 Å². The van der Waals surface area contributed by atoms with E-state index >= 15 is 0 Å². The van der Waals surface area contributed by atoms with Crippen LogP contribution in [0.1, 0.15) is 20.3 Å². The smallest absolute Gasteiger partial charge is 0.377 e. The van der Waals surface area contributed by atoms with Crippen molar-refractivity contribution in [2.45, 2.75) is 32.4 Å². The van der Waals surface area contributed by atoms with Crippen LogP contribution in [0.5, 0.6) is 0 Å². The lowest BCUT2D eigenvalue weighted by atomic mass is 10.3. The summed E-state index contributed by atoms with van der Waals surface area (Å²) < 4.78 is 21.6. The van der Waals surface area contributed by atoms with Crippen molar-refractivity contribution in [1.82, 2.24) is 0 Å². The quantitative estimate of drug-likeness (QED) is 0.463. The summed E-state index contributed by atoms with van der Waals surface area (Å²) in [6.07, 6.45) is 1.01. The zero-order valence-corrected chi connectivity index (χ0v) is 12.0. The summed E-state index contributed by atoms with van der Waals surface area (Å²) in [5, 5.41) is 0. The van der Waals surface area contributed by atoms with Gasteiger partial charge in [0.05, 0.1) is 12.7 Å². The normalized spacial score (nSPS) is 13.8. The molecule has 0 saturated carbocycles. The van der Waals surface area contributed by atoms with Gasteiger partial charge in [-0.1, -0.05) is 12.2 Å². The van der Waals surface area contributed by atoms with Crippen molar-refractivity contribution < 1.29 is 18.0 Å². The van der Waals surface area contributed by atoms with E-state index < -0.39 is 8.80 Å². The van der Waals surface area contributed by atoms with E-state index in [9.17, 15) is 0 Å². The molecular formula is C11H24O4Si. The van der Waals surface area contributed by atoms with E-state index in [2.05, 4.69) is 6.58 Å². The monoisotopic (exact) mass is 248 g/mol. The predicted octanol–water partition coefficient (Wildman–Crippen LogP) is 2.24. The van der Waals surface area contributed by atoms with Gasteiger partial charge in [0.2, 0.25) is 0 Å². The molecule has 0 aromatic carbocycles. The van der Waals surface area contributed by atoms with E-state index in [-0.39, 0.29) is 6.10 Å². The van der Waals surface area contributed by atoms with Crippen LogP contribution in [0.25, 0.3) is 0 Å². The maximum absolute atomic E-state index is 5.59. The Bertz CT molecular complexity index is 196. The van der Waals surface area contributed by atoms with Crippen LogP contribution >= 0.6 is 0 Å². The largest absolute Gasteiger partial charge is 0.500 e. The van der Waals surface area contributed by atoms with Crippen LogP contribution in [0.4, 0.5) is 0 Å². The molecule has 16 heavy (non-hydrogen) atoms. The Morgan fingerprint density at radius 3 is 2.06 bits per heavy atom. The molecule has 0 aliphatic rings. The summed E-state index contributed by atoms with van der Waals surface area (Å²) in [6, 6.07) is 0.758. The van der Waals surface area contributed by atoms with Crippen molar-refractivity contribution in [2.75, 3.05) is 27.9 Å². The number of rotatable bonds is 9. The van der Waals surface area contributed by atoms with Crippen molar-refractivity contribution in [1.29, 1.82) is 0 Å². The van der Waals surface area contributed by atoms with Crippen LogP contribution in [0, 0.1) is 0 Å². The van der Waals surface area contributed by atoms with Gasteiger partial charge in [0.25, 0.3) is 0 Å². The van der Waals surface area contributed by atoms with Gasteiger partial charge in [-0.2, -0.15) is 0 Å². The molecule has 0 bridgehead atoms. The zero-order chi connectivity index (χ0) is 12.6. The molecule has 5 heteroatoms. The highest BCUT2D eigenvalue weighted by Crippen LogP contribution is 2.17. The molecule has 0 fully saturated rings. The van der Waals surface area contributed by atoms with Crippen LogP contribution in [0.2, 0.25) is 6.04 Å². The van der Waals surface area contributed by atoms with Gasteiger partial charge in [-0.3, -0.25) is 0 Å². The second kappa shape index (κ2) is 7.97. The highest BCUT2D eigenvalue weighted by Gasteiger charge is 2.37. The molecule has 0 saturated heterocycles. The van der Waals surface area contributed by atoms with Gasteiger partial charge in [0.15, 0.2) is 0 Å². The lowest BCUT2D eigenvalue weighted by molar-refractivity contribution is 0.0703. The SMILES string of the molecule is C=C(C)COC(C)CC[Si](OC)(OC)OC. The van der Waals surface area contributed by atoms with E-state index in [1.54, 1.807) is 21.3 Å². The van der Waals surface area contributed by atoms with Crippen molar-refractivity contribution >= 4 is 8.80 Å². The average Bonchev–Trinajstić information content (AvgIpc) is 2.29. The Morgan fingerprint density at radius 1 is 1.19 bits per heavy atom. The van der Waals surface area contributed by atoms with Crippen molar-refractivity contribution in [2.24, 2.45) is 0 Å². The fourth-order valence-corrected chi connectivity index (χ4v) is 3.18. The van der Waals surface area contributed by atoms with E-state index in [1.807, 2.05) is 13.8 Å². The lowest BCUT2D eigenvalue weighted by Gasteiger charge is -2.25. The van der Waals surface area contributed by atoms with Crippen LogP contribution < -0.4 is 0 Å². The van der Waals surface area contributed by atoms with E-state index in [1.165, 1.54) is 0 Å². The molecule has 4 nitrogen and oxygen atoms in total. The molecule has 1 unspecified atom stereocenters. The summed E-state index contributed by atoms with van der Waals surface area (Å²) in [5.41, 5.74) is 1.03. The van der Waals surface area contributed by atoms with E-state index in [0.29, 0.717) is 6.61 Å². The van der Waals surface area contributed by atoms with Gasteiger partial charge in [0, 0.05) is 27.4 Å². The Labute approximate surface area is 99.9 Å². The Balaban J connectivity index is 3.96. The van der Waals surface area contributed by atoms with Gasteiger partial charge in [-0.15, -0.1) is 0 Å². The van der Waals surface area contributed by atoms with Crippen LogP contribution in [-0.4, -0.2) is 42.8 Å². The average molecular weight is 248 g/mol. The molecule has 0 radical (unpaired) electrons. The van der Waals surface area contributed by atoms with Gasteiger partial charge in [0.1, 0.15) is 0 Å². The highest BCUT2D eigenvalue weighted by molar-refractivity contribution is 6.60. The molecular weight excluding hydrogens is 224 g/mol. The highest BCUT2D eigenvalue weighted by atomic mass is 28.4. The minimum atomic E-state index is -2.44. The van der Waals surface area contributed by atoms with Crippen LogP contribution in [0.3, 0.4) is 0 Å². The zero-order valence-electron chi connectivity index (χ0n) is 11.0. The maximum atomic E-state index is 5.59. The predicted molar refractivity (Wildman–Crippen MR) is 66.4 cm³/mol. The second-order valence-electron chi connectivity index (χ2n) is 3.91. The summed E-state index contributed by atoms with van der Waals surface area (Å²) in [5.74, 6) is 0. The third-order valence-electron chi connectivity index (χ3n) is 2.40. The second-order valence-corrected chi connectivity index (χ2v) is 7.00. The molecule has 0 aromatic heterocycles. The Kier molecular flexibility index (Phi) is 7.87. The first-order valence-corrected chi connectivity index (χ1v) is 7.34. The Hall–Kier alpha value is -0.203. The summed E-state index contributed by atoms with van der Waals surface area (Å²) in [7, 11) is 2.43. The topological polar surface area (TPSA) is 36.9 Å². The van der Waals surface area contributed by atoms with Gasteiger partial charge in [-0.25, -0.2) is 0 Å². The molecule has 96 valence electrons. The number of hydrogen-bond acceptors (Lipinski definition) is 4. The molecule has 0 aromatic rings. The first-order chi connectivity index (χ1) is 7.49. The first-order valence-electron chi connectivity index (χ1n) is 5.41. The van der Waals surface area contributed by atoms with Crippen molar-refractivity contribution in [3.8, 4) is 0 Å². The third kappa shape index (κ3) is 5.76. The molecule has 0 rings (SSSR count). The molecule has 0 heterocycles. The fraction of sp³-hybridized carbons (Fsp3) is 0.818. The van der Waals surface area contributed by atoms with Crippen LogP contribution in [0.15, 0.2) is 12.2 Å². The molecule has 1 atom stereocenters. The van der Waals surface area contributed by atoms with Crippen molar-refractivity contribution in [3.05, 3.63) is 12.2 Å². The van der Waals surface area contributed by atoms with Gasteiger partial charge in [-0.05, 0) is 20.3 Å². The summed E-state index contributed by atoms with van der Waals surface area (Å²) in [6.45, 7) is 8.37. The molecule has 0 aliphatic heterocycles. The molecule has 0 N–H and O–H groups in total. The number of ether oxygens (including phenoxy) is 1. The minimum absolute atomic E-state index is 0.157. The summed E-state index contributed by atoms with van der Waals surface area (Å²) >= 11 is 0. The van der Waals surface area contributed by atoms with Crippen LogP contribution in [-0.2, 0) is 18.0 Å². The standard InChI is InChI=1S/C11H24O4Si/c1-10(2)9-15-11(3)7-8-16(12-4,13-5)14-6/h11H,1,7-9H2,2-6H3. The lowest BCUT2D eigenvalue weighted by Crippen LogP contribution is -2.43. The molecule has 0 amide bonds. The Morgan fingerprint density at radius 2 is 1.69 bits per heavy atom. The minimum Gasteiger partial charge on any atom is -0.377 e. The van der Waals surface area contributed by atoms with Crippen molar-refractivity contribution in [3.63, 3.8) is 0 Å². The third-order valence-corrected chi connectivity index (χ3v) is 5.17. The van der Waals surface area contributed by atoms with E-state index in [4.69, 9.17) is 18.0 Å². The number of hydrogen-bond donors (Lipinski definition) is 0. The first kappa shape index (κ1) is 15.8. The van der Waals surface area contributed by atoms with Gasteiger partial charge < -0.3 is 18.0 Å². The molecule has 0 spiro atoms. The fourth-order valence-electron chi connectivity index (χ4n) is 1.30. The van der Waals surface area contributed by atoms with E-state index in [0.717, 1.165) is 18.0 Å². The maximum Gasteiger partial charge on any atom is 0.500 e. The summed E-state index contributed by atoms with van der Waals surface area (Å²) in [4.78, 5) is 0.